The molecule has 7 rings (SSSR count). The van der Waals surface area contributed by atoms with Gasteiger partial charge in [0.05, 0.1) is 18.9 Å². The summed E-state index contributed by atoms with van der Waals surface area (Å²) in [5.41, 5.74) is -0.208. The van der Waals surface area contributed by atoms with Gasteiger partial charge in [-0.1, -0.05) is 108 Å². The van der Waals surface area contributed by atoms with Crippen LogP contribution in [0.4, 0.5) is 9.93 Å². The fourth-order valence-electron chi connectivity index (χ4n) is 7.17. The Balaban J connectivity index is 1.24. The summed E-state index contributed by atoms with van der Waals surface area (Å²) in [5, 5.41) is 19.8. The predicted octanol–water partition coefficient (Wildman–Crippen LogP) is 6.55. The van der Waals surface area contributed by atoms with Crippen molar-refractivity contribution in [3.63, 3.8) is 0 Å². The molecule has 3 heterocycles. The van der Waals surface area contributed by atoms with Crippen LogP contribution in [0, 0.1) is 11.3 Å². The van der Waals surface area contributed by atoms with Crippen LogP contribution in [0.3, 0.4) is 0 Å². The topological polar surface area (TPSA) is 216 Å². The van der Waals surface area contributed by atoms with Crippen molar-refractivity contribution < 1.29 is 46.6 Å². The van der Waals surface area contributed by atoms with Crippen molar-refractivity contribution in [1.82, 2.24) is 15.2 Å². The van der Waals surface area contributed by atoms with Crippen molar-refractivity contribution in [3.05, 3.63) is 160 Å². The highest BCUT2D eigenvalue weighted by Crippen LogP contribution is 2.43. The molecule has 1 saturated heterocycles. The lowest BCUT2D eigenvalue weighted by molar-refractivity contribution is -0.153. The normalized spacial score (nSPS) is 16.3. The molecular weight excluding hydrogens is 905 g/mol. The Morgan fingerprint density at radius 1 is 0.909 bits per heavy atom. The third-order valence-electron chi connectivity index (χ3n) is 10.1. The molecule has 0 bridgehead atoms. The number of aromatic nitrogens is 1. The number of esters is 1. The van der Waals surface area contributed by atoms with Gasteiger partial charge >= 0.3 is 12.1 Å². The van der Waals surface area contributed by atoms with Crippen LogP contribution in [0.25, 0.3) is 0 Å². The van der Waals surface area contributed by atoms with Gasteiger partial charge in [-0.05, 0) is 44.0 Å². The quantitative estimate of drug-likeness (QED) is 0.0353. The molecule has 2 aliphatic heterocycles. The maximum atomic E-state index is 14.7. The van der Waals surface area contributed by atoms with Crippen LogP contribution in [-0.2, 0) is 50.7 Å². The number of carbonyl (C=O) groups is 4. The first kappa shape index (κ1) is 47.0. The summed E-state index contributed by atoms with van der Waals surface area (Å²) in [6.07, 6.45) is -0.778. The molecule has 1 unspecified atom stereocenters. The zero-order valence-electron chi connectivity index (χ0n) is 36.1. The molecule has 66 heavy (non-hydrogen) atoms. The maximum absolute atomic E-state index is 14.7. The number of hydrogen-bond acceptors (Lipinski definition) is 15. The smallest absolute Gasteiger partial charge is 0.413 e. The molecule has 0 saturated carbocycles. The molecule has 0 radical (unpaired) electrons. The van der Waals surface area contributed by atoms with E-state index < -0.39 is 67.8 Å². The van der Waals surface area contributed by atoms with Crippen LogP contribution < -0.4 is 15.4 Å². The highest BCUT2D eigenvalue weighted by atomic mass is 32.2. The van der Waals surface area contributed by atoms with Gasteiger partial charge in [-0.15, -0.1) is 23.1 Å². The lowest BCUT2D eigenvalue weighted by Gasteiger charge is -2.49. The second-order valence-electron chi connectivity index (χ2n) is 15.9. The number of methoxy groups -OCH3 is 1. The number of thiazole rings is 1. The summed E-state index contributed by atoms with van der Waals surface area (Å²) in [7, 11) is -2.49. The second-order valence-corrected chi connectivity index (χ2v) is 19.9. The number of carbonyl (C=O) groups excluding carboxylic acids is 4. The van der Waals surface area contributed by atoms with Gasteiger partial charge in [0, 0.05) is 27.8 Å². The summed E-state index contributed by atoms with van der Waals surface area (Å²) in [6, 6.07) is 35.0. The molecule has 340 valence electrons. The lowest BCUT2D eigenvalue weighted by Crippen LogP contribution is -2.71. The van der Waals surface area contributed by atoms with E-state index in [1.807, 2.05) is 91.0 Å². The Morgan fingerprint density at radius 2 is 1.50 bits per heavy atom. The Bertz CT molecular complexity index is 2710. The molecule has 0 aliphatic carbocycles. The number of hydrogen-bond donors (Lipinski definition) is 2. The van der Waals surface area contributed by atoms with Gasteiger partial charge in [0.25, 0.3) is 11.8 Å². The number of benzene rings is 4. The molecule has 0 spiro atoms. The number of anilines is 1. The minimum absolute atomic E-state index is 0.0146. The van der Waals surface area contributed by atoms with Crippen molar-refractivity contribution in [3.8, 4) is 11.8 Å². The third-order valence-corrected chi connectivity index (χ3v) is 13.6. The Labute approximate surface area is 389 Å². The average Bonchev–Trinajstić information content (AvgIpc) is 3.76. The SMILES string of the molecule is COc1ccc(COC(=O)C2=C(CS(=O)(=O)CC#N)CS[C@@H]3C(NC(=O)/C(=N\OC(c4ccccc4)(c4ccccc4)c4ccccc4)c4csc(NC(=O)OC(C)(C)C)n4)C(=O)N23)cc1. The van der Waals surface area contributed by atoms with Gasteiger partial charge in [0.1, 0.15) is 46.5 Å². The van der Waals surface area contributed by atoms with Crippen LogP contribution in [0.15, 0.2) is 137 Å². The first-order chi connectivity index (χ1) is 31.6. The van der Waals surface area contributed by atoms with Crippen LogP contribution in [0.2, 0.25) is 0 Å². The maximum Gasteiger partial charge on any atom is 0.413 e. The van der Waals surface area contributed by atoms with Gasteiger partial charge in [0.15, 0.2) is 20.7 Å². The molecule has 19 heteroatoms. The zero-order chi connectivity index (χ0) is 47.1. The number of rotatable bonds is 16. The standard InChI is InChI=1S/C47H44N6O10S3/c1-46(2,3)62-45(57)51-44-49-36(28-65-44)37(52-63-47(32-14-8-5-9-15-32,33-16-10-6-11-17-33)34-18-12-7-13-19-34)40(54)50-38-41(55)53-39(31(27-64-42(38)53)29-66(58,59)25-24-48)43(56)61-26-30-20-22-35(60-4)23-21-30/h5-23,28,38,42H,25-27,29H2,1-4H3,(H,50,54)(H,49,51,57)/b52-37-/t38?,42-/m1/s1. The van der Waals surface area contributed by atoms with E-state index >= 15 is 0 Å². The van der Waals surface area contributed by atoms with E-state index in [-0.39, 0.29) is 40.2 Å². The molecule has 2 N–H and O–H groups in total. The predicted molar refractivity (Wildman–Crippen MR) is 248 cm³/mol. The first-order valence-corrected chi connectivity index (χ1v) is 24.1. The van der Waals surface area contributed by atoms with Crippen LogP contribution >= 0.6 is 23.1 Å². The number of sulfone groups is 1. The van der Waals surface area contributed by atoms with Crippen molar-refractivity contribution in [2.75, 3.05) is 29.7 Å². The summed E-state index contributed by atoms with van der Waals surface area (Å²) < 4.78 is 42.0. The van der Waals surface area contributed by atoms with E-state index in [1.54, 1.807) is 51.1 Å². The fourth-order valence-corrected chi connectivity index (χ4v) is 10.4. The van der Waals surface area contributed by atoms with E-state index in [4.69, 9.17) is 19.0 Å². The third kappa shape index (κ3) is 10.6. The summed E-state index contributed by atoms with van der Waals surface area (Å²) >= 11 is 2.12. The number of nitrogens with one attached hydrogen (secondary N) is 2. The van der Waals surface area contributed by atoms with Crippen LogP contribution in [0.5, 0.6) is 5.75 Å². The number of oxime groups is 1. The number of nitrogens with zero attached hydrogens (tertiary/aromatic N) is 4. The van der Waals surface area contributed by atoms with E-state index in [9.17, 15) is 32.9 Å². The van der Waals surface area contributed by atoms with Gasteiger partial charge in [0.2, 0.25) is 5.60 Å². The largest absolute Gasteiger partial charge is 0.497 e. The number of amides is 3. The van der Waals surface area contributed by atoms with Crippen molar-refractivity contribution in [1.29, 1.82) is 5.26 Å². The van der Waals surface area contributed by atoms with Crippen molar-refractivity contribution in [2.24, 2.45) is 5.16 Å². The molecule has 3 amide bonds. The number of ether oxygens (including phenoxy) is 3. The Hall–Kier alpha value is -7.01. The first-order valence-electron chi connectivity index (χ1n) is 20.4. The van der Waals surface area contributed by atoms with Crippen molar-refractivity contribution >= 4 is 67.7 Å². The molecule has 16 nitrogen and oxygen atoms in total. The highest BCUT2D eigenvalue weighted by Gasteiger charge is 2.55. The Kier molecular flexibility index (Phi) is 14.2. The van der Waals surface area contributed by atoms with Crippen LogP contribution in [0.1, 0.15) is 48.7 Å². The molecule has 1 aromatic heterocycles. The van der Waals surface area contributed by atoms with Crippen LogP contribution in [-0.4, -0.2) is 89.3 Å². The molecule has 2 aliphatic rings. The van der Waals surface area contributed by atoms with E-state index in [0.29, 0.717) is 28.0 Å². The second kappa shape index (κ2) is 20.0. The van der Waals surface area contributed by atoms with Gasteiger partial charge in [-0.25, -0.2) is 23.0 Å². The highest BCUT2D eigenvalue weighted by molar-refractivity contribution is 8.00. The minimum Gasteiger partial charge on any atom is -0.497 e. The average molecular weight is 949 g/mol. The number of nitriles is 1. The van der Waals surface area contributed by atoms with E-state index in [0.717, 1.165) is 28.0 Å². The molecule has 2 atom stereocenters. The zero-order valence-corrected chi connectivity index (χ0v) is 38.6. The van der Waals surface area contributed by atoms with Gasteiger partial charge < -0.3 is 24.4 Å². The molecular formula is C47H44N6O10S3. The van der Waals surface area contributed by atoms with Crippen molar-refractivity contribution in [2.45, 2.75) is 50.0 Å². The minimum atomic E-state index is -4.01. The number of fused-ring (bicyclic) bond motifs is 1. The fraction of sp³-hybridized carbons (Fsp3) is 0.255. The molecule has 1 fully saturated rings. The monoisotopic (exact) mass is 948 g/mol. The number of β-lactam (4-membered cyclic amide) rings is 1. The Morgan fingerprint density at radius 3 is 2.05 bits per heavy atom. The molecule has 5 aromatic rings. The summed E-state index contributed by atoms with van der Waals surface area (Å²) in [5.74, 6) is -3.51. The molecule has 4 aromatic carbocycles. The lowest BCUT2D eigenvalue weighted by atomic mass is 9.80. The summed E-state index contributed by atoms with van der Waals surface area (Å²) in [4.78, 5) is 67.8. The van der Waals surface area contributed by atoms with E-state index in [1.165, 1.54) is 12.5 Å². The van der Waals surface area contributed by atoms with Gasteiger partial charge in [-0.2, -0.15) is 5.26 Å². The van der Waals surface area contributed by atoms with E-state index in [2.05, 4.69) is 20.8 Å². The summed E-state index contributed by atoms with van der Waals surface area (Å²) in [6.45, 7) is 4.92. The van der Waals surface area contributed by atoms with Gasteiger partial charge in [-0.3, -0.25) is 19.8 Å². The number of thioether (sulfide) groups is 1.